The van der Waals surface area contributed by atoms with Crippen LogP contribution in [0.15, 0.2) is 194 Å². The summed E-state index contributed by atoms with van der Waals surface area (Å²) in [6.45, 7) is 28.1. The van der Waals surface area contributed by atoms with Crippen LogP contribution in [0.1, 0.15) is 105 Å². The van der Waals surface area contributed by atoms with E-state index in [1.807, 2.05) is 6.20 Å². The van der Waals surface area contributed by atoms with Gasteiger partial charge in [0.25, 0.3) is 0 Å². The molecule has 8 aromatic carbocycles. The Morgan fingerprint density at radius 2 is 0.960 bits per heavy atom. The zero-order valence-electron chi connectivity index (χ0n) is 45.9. The molecule has 0 unspecified atom stereocenters. The first kappa shape index (κ1) is 49.3. The predicted octanol–water partition coefficient (Wildman–Crippen LogP) is 19.4. The molecule has 3 heterocycles. The van der Waals surface area contributed by atoms with Crippen molar-refractivity contribution in [1.29, 1.82) is 0 Å². The van der Waals surface area contributed by atoms with Crippen molar-refractivity contribution in [2.75, 3.05) is 16.5 Å². The number of ether oxygens (including phenoxy) is 1. The number of aromatic nitrogens is 2. The zero-order valence-corrected chi connectivity index (χ0v) is 45.9. The summed E-state index contributed by atoms with van der Waals surface area (Å²) in [4.78, 5) is 9.88. The van der Waals surface area contributed by atoms with E-state index in [2.05, 4.69) is 286 Å². The van der Waals surface area contributed by atoms with E-state index < -0.39 is 0 Å². The largest absolute Gasteiger partial charge is 0.457 e. The lowest BCUT2D eigenvalue weighted by atomic mass is 9.78. The molecule has 0 N–H and O–H groups in total. The average molecular weight is 983 g/mol. The molecule has 376 valence electrons. The molecular formula is C70H70N4O. The maximum Gasteiger partial charge on any atom is 0.137 e. The fourth-order valence-corrected chi connectivity index (χ4v) is 10.9. The lowest BCUT2D eigenvalue weighted by Crippen LogP contribution is -2.25. The number of hydrogen-bond acceptors (Lipinski definition) is 4. The molecule has 5 nitrogen and oxygen atoms in total. The first-order valence-corrected chi connectivity index (χ1v) is 26.6. The van der Waals surface area contributed by atoms with Gasteiger partial charge in [0.2, 0.25) is 0 Å². The molecule has 2 aromatic heterocycles. The summed E-state index contributed by atoms with van der Waals surface area (Å²) in [5.41, 5.74) is 19.1. The maximum atomic E-state index is 6.87. The molecule has 0 aliphatic carbocycles. The van der Waals surface area contributed by atoms with Gasteiger partial charge in [-0.15, -0.1) is 0 Å². The molecule has 5 heteroatoms. The molecule has 0 radical (unpaired) electrons. The lowest BCUT2D eigenvalue weighted by Gasteiger charge is -2.29. The molecule has 75 heavy (non-hydrogen) atoms. The fourth-order valence-electron chi connectivity index (χ4n) is 10.9. The van der Waals surface area contributed by atoms with Gasteiger partial charge in [-0.3, -0.25) is 4.57 Å². The van der Waals surface area contributed by atoms with E-state index in [1.165, 1.54) is 66.7 Å². The number of benzene rings is 8. The third kappa shape index (κ3) is 9.39. The minimum atomic E-state index is -0.120. The molecule has 0 saturated heterocycles. The second-order valence-electron chi connectivity index (χ2n) is 24.6. The monoisotopic (exact) mass is 983 g/mol. The van der Waals surface area contributed by atoms with Crippen molar-refractivity contribution in [1.82, 2.24) is 9.55 Å². The van der Waals surface area contributed by atoms with E-state index in [4.69, 9.17) is 9.72 Å². The molecule has 0 fully saturated rings. The fraction of sp³-hybridized carbons (Fsp3) is 0.243. The number of hydrogen-bond donors (Lipinski definition) is 0. The average Bonchev–Trinajstić information content (AvgIpc) is 3.93. The van der Waals surface area contributed by atoms with Gasteiger partial charge >= 0.3 is 0 Å². The third-order valence-electron chi connectivity index (χ3n) is 15.1. The van der Waals surface area contributed by atoms with Crippen molar-refractivity contribution in [3.8, 4) is 50.7 Å². The van der Waals surface area contributed by atoms with Gasteiger partial charge in [-0.25, -0.2) is 4.98 Å². The molecule has 0 saturated carbocycles. The van der Waals surface area contributed by atoms with Crippen molar-refractivity contribution in [3.63, 3.8) is 0 Å². The summed E-state index contributed by atoms with van der Waals surface area (Å²) in [5, 5.41) is 2.34. The van der Waals surface area contributed by atoms with E-state index in [-0.39, 0.29) is 21.7 Å². The maximum absolute atomic E-state index is 6.87. The molecule has 1 aliphatic heterocycles. The number of anilines is 4. The molecule has 0 atom stereocenters. The molecular weight excluding hydrogens is 913 g/mol. The van der Waals surface area contributed by atoms with Crippen molar-refractivity contribution in [2.45, 2.75) is 105 Å². The van der Waals surface area contributed by atoms with Gasteiger partial charge in [-0.05, 0) is 127 Å². The van der Waals surface area contributed by atoms with Crippen LogP contribution < -0.4 is 14.5 Å². The number of nitrogens with zero attached hydrogens (tertiary/aromatic N) is 4. The Morgan fingerprint density at radius 1 is 0.400 bits per heavy atom. The van der Waals surface area contributed by atoms with Gasteiger partial charge in [0.15, 0.2) is 0 Å². The van der Waals surface area contributed by atoms with Crippen LogP contribution in [0.25, 0.3) is 61.0 Å². The van der Waals surface area contributed by atoms with Crippen molar-refractivity contribution >= 4 is 44.6 Å². The normalized spacial score (nSPS) is 13.2. The van der Waals surface area contributed by atoms with E-state index in [9.17, 15) is 0 Å². The summed E-state index contributed by atoms with van der Waals surface area (Å²) >= 11 is 0. The van der Waals surface area contributed by atoms with Crippen LogP contribution in [0.4, 0.5) is 22.7 Å². The molecule has 1 aliphatic rings. The lowest BCUT2D eigenvalue weighted by molar-refractivity contribution is 0.483. The first-order valence-electron chi connectivity index (χ1n) is 26.6. The van der Waals surface area contributed by atoms with E-state index in [1.54, 1.807) is 0 Å². The van der Waals surface area contributed by atoms with Gasteiger partial charge < -0.3 is 14.5 Å². The van der Waals surface area contributed by atoms with Gasteiger partial charge in [0, 0.05) is 45.9 Å². The van der Waals surface area contributed by atoms with Gasteiger partial charge in [-0.1, -0.05) is 198 Å². The second-order valence-corrected chi connectivity index (χ2v) is 24.6. The Hall–Kier alpha value is -7.89. The highest BCUT2D eigenvalue weighted by Gasteiger charge is 2.33. The molecule has 0 spiro atoms. The van der Waals surface area contributed by atoms with Crippen LogP contribution in [0.2, 0.25) is 0 Å². The number of para-hydroxylation sites is 4. The highest BCUT2D eigenvalue weighted by molar-refractivity contribution is 6.09. The van der Waals surface area contributed by atoms with Crippen LogP contribution in [0.5, 0.6) is 11.5 Å². The highest BCUT2D eigenvalue weighted by atomic mass is 16.5. The van der Waals surface area contributed by atoms with Gasteiger partial charge in [0.05, 0.1) is 28.1 Å². The van der Waals surface area contributed by atoms with Crippen LogP contribution >= 0.6 is 0 Å². The first-order chi connectivity index (χ1) is 35.7. The van der Waals surface area contributed by atoms with E-state index >= 15 is 0 Å². The minimum Gasteiger partial charge on any atom is -0.457 e. The number of fused-ring (bicyclic) bond motifs is 4. The Bertz CT molecular complexity index is 3790. The Kier molecular flexibility index (Phi) is 12.2. The third-order valence-corrected chi connectivity index (χ3v) is 15.1. The van der Waals surface area contributed by atoms with Crippen molar-refractivity contribution in [3.05, 3.63) is 217 Å². The van der Waals surface area contributed by atoms with Crippen molar-refractivity contribution < 1.29 is 4.74 Å². The second kappa shape index (κ2) is 18.5. The van der Waals surface area contributed by atoms with E-state index in [0.717, 1.165) is 50.8 Å². The SMILES string of the molecule is CC(C)(C)c1cccc(-c2ccc(-c3cccc(-c4cccc(C(C)(C)C)c4)c3N3CN(c4cccc(Oc5ccc6c7ccccc7n(-c7cc(C(C)(C)C)ccn7)c6c5)c4)c4ccccc43)cc2C(C)(C)C)c1. The van der Waals surface area contributed by atoms with Crippen LogP contribution in [-0.4, -0.2) is 16.2 Å². The summed E-state index contributed by atoms with van der Waals surface area (Å²) in [7, 11) is 0. The summed E-state index contributed by atoms with van der Waals surface area (Å²) in [6, 6.07) is 69.1. The Balaban J connectivity index is 1.01. The Morgan fingerprint density at radius 3 is 1.63 bits per heavy atom. The zero-order chi connectivity index (χ0) is 52.6. The standard InChI is InChI=1S/C70H70N4O/c1-67(2,3)49-23-17-21-46(39-49)55-35-33-48(41-60(55)70(10,11)12)57-29-20-28-56(47-22-18-24-50(40-47)68(4,5)6)66(57)73-45-72(62-31-15-16-32-63(62)73)52-25-19-26-53(43-52)75-54-34-36-59-58-27-13-14-30-61(58)74(64(59)44-54)65-42-51(37-38-71-65)69(7,8)9/h13-44H,45H2,1-12H3. The van der Waals surface area contributed by atoms with Gasteiger partial charge in [0.1, 0.15) is 24.0 Å². The molecule has 0 amide bonds. The van der Waals surface area contributed by atoms with Crippen LogP contribution in [0.3, 0.4) is 0 Å². The van der Waals surface area contributed by atoms with Crippen LogP contribution in [-0.2, 0) is 21.7 Å². The molecule has 10 aromatic rings. The summed E-state index contributed by atoms with van der Waals surface area (Å²) in [5.74, 6) is 2.42. The number of pyridine rings is 1. The Labute approximate surface area is 445 Å². The topological polar surface area (TPSA) is 33.5 Å². The van der Waals surface area contributed by atoms with Crippen molar-refractivity contribution in [2.24, 2.45) is 0 Å². The van der Waals surface area contributed by atoms with E-state index in [0.29, 0.717) is 6.67 Å². The summed E-state index contributed by atoms with van der Waals surface area (Å²) < 4.78 is 9.14. The predicted molar refractivity (Wildman–Crippen MR) is 318 cm³/mol. The van der Waals surface area contributed by atoms with Gasteiger partial charge in [-0.2, -0.15) is 0 Å². The number of rotatable bonds is 8. The summed E-state index contributed by atoms with van der Waals surface area (Å²) in [6.07, 6.45) is 1.93. The smallest absolute Gasteiger partial charge is 0.137 e. The minimum absolute atomic E-state index is 0.0148. The highest BCUT2D eigenvalue weighted by Crippen LogP contribution is 2.51. The van der Waals surface area contributed by atoms with Crippen LogP contribution in [0, 0.1) is 0 Å². The quantitative estimate of drug-likeness (QED) is 0.152. The molecule has 11 rings (SSSR count). The molecule has 0 bridgehead atoms.